The Morgan fingerprint density at radius 1 is 0.382 bits per heavy atom. The van der Waals surface area contributed by atoms with Gasteiger partial charge in [0.2, 0.25) is 0 Å². The van der Waals surface area contributed by atoms with Crippen molar-refractivity contribution in [3.05, 3.63) is 188 Å². The maximum atomic E-state index is 9.53. The van der Waals surface area contributed by atoms with Gasteiger partial charge in [0.15, 0.2) is 17.5 Å². The highest BCUT2D eigenvalue weighted by atomic mass is 16.3. The summed E-state index contributed by atoms with van der Waals surface area (Å²) in [5, 5.41) is 13.8. The molecular formula is C50H30N4O. The van der Waals surface area contributed by atoms with Crippen LogP contribution in [0.5, 0.6) is 0 Å². The molecule has 0 aliphatic rings. The van der Waals surface area contributed by atoms with Crippen LogP contribution in [0.25, 0.3) is 100 Å². The normalized spacial score (nSPS) is 11.3. The first-order valence-electron chi connectivity index (χ1n) is 18.2. The number of hydrogen-bond donors (Lipinski definition) is 0. The number of furan rings is 1. The molecule has 0 saturated carbocycles. The molecule has 0 spiro atoms. The van der Waals surface area contributed by atoms with E-state index in [-0.39, 0.29) is 0 Å². The van der Waals surface area contributed by atoms with E-state index in [0.29, 0.717) is 23.0 Å². The Kier molecular flexibility index (Phi) is 7.79. The molecule has 10 rings (SSSR count). The van der Waals surface area contributed by atoms with E-state index in [1.165, 1.54) is 11.1 Å². The third kappa shape index (κ3) is 5.89. The molecule has 0 aliphatic heterocycles. The van der Waals surface area contributed by atoms with Gasteiger partial charge in [-0.3, -0.25) is 0 Å². The van der Waals surface area contributed by atoms with Gasteiger partial charge < -0.3 is 4.42 Å². The fourth-order valence-corrected chi connectivity index (χ4v) is 7.48. The molecule has 0 bridgehead atoms. The summed E-state index contributed by atoms with van der Waals surface area (Å²) in [6, 6.07) is 64.0. The van der Waals surface area contributed by atoms with Crippen LogP contribution in [0.2, 0.25) is 0 Å². The summed E-state index contributed by atoms with van der Waals surface area (Å²) < 4.78 is 6.57. The number of aromatic nitrogens is 3. The summed E-state index contributed by atoms with van der Waals surface area (Å²) >= 11 is 0. The molecule has 2 heterocycles. The van der Waals surface area contributed by atoms with Gasteiger partial charge in [0.1, 0.15) is 11.2 Å². The van der Waals surface area contributed by atoms with Crippen LogP contribution < -0.4 is 0 Å². The molecule has 0 amide bonds. The van der Waals surface area contributed by atoms with Crippen molar-refractivity contribution in [2.24, 2.45) is 0 Å². The molecule has 55 heavy (non-hydrogen) atoms. The molecule has 0 radical (unpaired) electrons. The number of rotatable bonds is 6. The molecule has 2 aromatic heterocycles. The van der Waals surface area contributed by atoms with Crippen molar-refractivity contribution < 1.29 is 4.42 Å². The maximum absolute atomic E-state index is 9.53. The maximum Gasteiger partial charge on any atom is 0.164 e. The van der Waals surface area contributed by atoms with Gasteiger partial charge in [-0.1, -0.05) is 140 Å². The lowest BCUT2D eigenvalue weighted by molar-refractivity contribution is 0.669. The van der Waals surface area contributed by atoms with Crippen LogP contribution in [0.4, 0.5) is 0 Å². The predicted octanol–water partition coefficient (Wildman–Crippen LogP) is 12.8. The lowest BCUT2D eigenvalue weighted by Gasteiger charge is -2.11. The summed E-state index contributed by atoms with van der Waals surface area (Å²) in [5.41, 5.74) is 11.3. The molecule has 0 N–H and O–H groups in total. The van der Waals surface area contributed by atoms with Crippen LogP contribution in [0.3, 0.4) is 0 Å². The Morgan fingerprint density at radius 3 is 1.80 bits per heavy atom. The van der Waals surface area contributed by atoms with Gasteiger partial charge >= 0.3 is 0 Å². The van der Waals surface area contributed by atoms with Crippen LogP contribution in [-0.4, -0.2) is 15.0 Å². The molecule has 8 aromatic carbocycles. The van der Waals surface area contributed by atoms with E-state index in [2.05, 4.69) is 109 Å². The molecule has 0 unspecified atom stereocenters. The van der Waals surface area contributed by atoms with Gasteiger partial charge in [-0.2, -0.15) is 5.26 Å². The highest BCUT2D eigenvalue weighted by Gasteiger charge is 2.18. The van der Waals surface area contributed by atoms with Gasteiger partial charge in [-0.25, -0.2) is 15.0 Å². The molecule has 10 aromatic rings. The molecule has 5 nitrogen and oxygen atoms in total. The molecule has 5 heteroatoms. The minimum absolute atomic E-state index is 0.544. The first-order valence-corrected chi connectivity index (χ1v) is 18.2. The molecule has 0 fully saturated rings. The summed E-state index contributed by atoms with van der Waals surface area (Å²) in [4.78, 5) is 15.3. The Hall–Kier alpha value is -7.68. The van der Waals surface area contributed by atoms with E-state index in [9.17, 15) is 5.26 Å². The molecule has 0 aliphatic carbocycles. The smallest absolute Gasteiger partial charge is 0.164 e. The van der Waals surface area contributed by atoms with E-state index in [1.54, 1.807) is 0 Å². The van der Waals surface area contributed by atoms with E-state index >= 15 is 0 Å². The van der Waals surface area contributed by atoms with E-state index in [1.807, 2.05) is 78.9 Å². The van der Waals surface area contributed by atoms with Gasteiger partial charge in [0, 0.05) is 27.5 Å². The third-order valence-corrected chi connectivity index (χ3v) is 10.1. The SMILES string of the molecule is N#Cc1cccc(-c2cccc(-c3nc(-c4ccc5c(c4)oc4cccc(-c6cccc(-c7ccccc7)c6)c45)nc(-c4cccc5ccccc45)n3)c2)c1. The average molecular weight is 703 g/mol. The fraction of sp³-hybridized carbons (Fsp3) is 0. The fourth-order valence-electron chi connectivity index (χ4n) is 7.48. The Balaban J connectivity index is 1.12. The number of hydrogen-bond acceptors (Lipinski definition) is 5. The van der Waals surface area contributed by atoms with Crippen LogP contribution in [0.15, 0.2) is 186 Å². The van der Waals surface area contributed by atoms with Gasteiger partial charge in [-0.15, -0.1) is 0 Å². The number of nitriles is 1. The zero-order chi connectivity index (χ0) is 36.7. The van der Waals surface area contributed by atoms with Crippen molar-refractivity contribution in [1.82, 2.24) is 15.0 Å². The molecular weight excluding hydrogens is 673 g/mol. The first kappa shape index (κ1) is 32.0. The van der Waals surface area contributed by atoms with E-state index in [0.717, 1.165) is 71.7 Å². The minimum Gasteiger partial charge on any atom is -0.456 e. The first-order chi connectivity index (χ1) is 27.2. The van der Waals surface area contributed by atoms with Crippen molar-refractivity contribution in [3.8, 4) is 73.6 Å². The number of nitrogens with zero attached hydrogens (tertiary/aromatic N) is 4. The number of benzene rings is 8. The molecule has 0 saturated heterocycles. The van der Waals surface area contributed by atoms with Crippen molar-refractivity contribution >= 4 is 32.7 Å². The van der Waals surface area contributed by atoms with Gasteiger partial charge in [-0.05, 0) is 86.6 Å². The predicted molar refractivity (Wildman–Crippen MR) is 222 cm³/mol. The number of fused-ring (bicyclic) bond motifs is 4. The molecule has 0 atom stereocenters. The second-order valence-electron chi connectivity index (χ2n) is 13.5. The topological polar surface area (TPSA) is 75.6 Å². The second-order valence-corrected chi connectivity index (χ2v) is 13.5. The highest BCUT2D eigenvalue weighted by Crippen LogP contribution is 2.39. The standard InChI is InChI=1S/C50H30N4O/c51-31-32-11-6-16-35(27-32)37-18-8-20-39(29-37)48-52-49(54-50(53-48)43-23-9-15-34-14-4-5-21-41(34)43)40-25-26-44-46(30-40)55-45-24-10-22-42(47(44)45)38-19-7-17-36(28-38)33-12-2-1-3-13-33/h1-30H. The van der Waals surface area contributed by atoms with Crippen LogP contribution in [0.1, 0.15) is 5.56 Å². The van der Waals surface area contributed by atoms with Crippen LogP contribution >= 0.6 is 0 Å². The lowest BCUT2D eigenvalue weighted by Crippen LogP contribution is -2.00. The summed E-state index contributed by atoms with van der Waals surface area (Å²) in [6.45, 7) is 0. The minimum atomic E-state index is 0.544. The average Bonchev–Trinajstić information content (AvgIpc) is 3.65. The van der Waals surface area contributed by atoms with Crippen molar-refractivity contribution in [1.29, 1.82) is 5.26 Å². The van der Waals surface area contributed by atoms with E-state index in [4.69, 9.17) is 19.4 Å². The largest absolute Gasteiger partial charge is 0.456 e. The van der Waals surface area contributed by atoms with Crippen molar-refractivity contribution in [2.45, 2.75) is 0 Å². The van der Waals surface area contributed by atoms with E-state index < -0.39 is 0 Å². The Bertz CT molecular complexity index is 3120. The van der Waals surface area contributed by atoms with Crippen LogP contribution in [-0.2, 0) is 0 Å². The van der Waals surface area contributed by atoms with Crippen molar-refractivity contribution in [3.63, 3.8) is 0 Å². The Labute approximate surface area is 317 Å². The summed E-state index contributed by atoms with van der Waals surface area (Å²) in [6.07, 6.45) is 0. The monoisotopic (exact) mass is 702 g/mol. The third-order valence-electron chi connectivity index (χ3n) is 10.1. The van der Waals surface area contributed by atoms with Gasteiger partial charge in [0.05, 0.1) is 11.6 Å². The second kappa shape index (κ2) is 13.4. The summed E-state index contributed by atoms with van der Waals surface area (Å²) in [5.74, 6) is 1.68. The summed E-state index contributed by atoms with van der Waals surface area (Å²) in [7, 11) is 0. The van der Waals surface area contributed by atoms with Gasteiger partial charge in [0.25, 0.3) is 0 Å². The Morgan fingerprint density at radius 2 is 0.964 bits per heavy atom. The molecule has 256 valence electrons. The quantitative estimate of drug-likeness (QED) is 0.172. The van der Waals surface area contributed by atoms with Crippen LogP contribution in [0, 0.1) is 11.3 Å². The lowest BCUT2D eigenvalue weighted by atomic mass is 9.96. The zero-order valence-corrected chi connectivity index (χ0v) is 29.5. The zero-order valence-electron chi connectivity index (χ0n) is 29.5. The highest BCUT2D eigenvalue weighted by molar-refractivity contribution is 6.13. The van der Waals surface area contributed by atoms with Crippen molar-refractivity contribution in [2.75, 3.05) is 0 Å².